The Morgan fingerprint density at radius 2 is 1.60 bits per heavy atom. The molecule has 0 aromatic carbocycles. The van der Waals surface area contributed by atoms with E-state index in [0.29, 0.717) is 0 Å². The first-order chi connectivity index (χ1) is 6.57. The highest BCUT2D eigenvalue weighted by atomic mass is 32.2. The molecule has 0 amide bonds. The molecule has 5 heteroatoms. The highest BCUT2D eigenvalue weighted by molar-refractivity contribution is 7.91. The molecule has 0 unspecified atom stereocenters. The summed E-state index contributed by atoms with van der Waals surface area (Å²) in [5.41, 5.74) is -2.07. The van der Waals surface area contributed by atoms with Crippen LogP contribution in [0.1, 0.15) is 33.6 Å². The maximum Gasteiger partial charge on any atom is 0.169 e. The highest BCUT2D eigenvalue weighted by Gasteiger charge is 2.45. The molecule has 0 aromatic rings. The lowest BCUT2D eigenvalue weighted by Gasteiger charge is -2.35. The van der Waals surface area contributed by atoms with E-state index in [-0.39, 0.29) is 30.1 Å². The lowest BCUT2D eigenvalue weighted by Crippen LogP contribution is -2.50. The van der Waals surface area contributed by atoms with Gasteiger partial charge in [-0.25, -0.2) is 8.42 Å². The highest BCUT2D eigenvalue weighted by Crippen LogP contribution is 2.31. The van der Waals surface area contributed by atoms with Gasteiger partial charge in [-0.3, -0.25) is 4.79 Å². The Bertz CT molecular complexity index is 347. The van der Waals surface area contributed by atoms with Gasteiger partial charge in [0, 0.05) is 5.41 Å². The van der Waals surface area contributed by atoms with Gasteiger partial charge in [0.1, 0.15) is 5.60 Å². The maximum atomic E-state index is 11.9. The standard InChI is InChI=1S/C10H18O4S/c1-9(2,3)8(11)10(12)4-6-15(13,14)7-5-10/h12H,4-7H2,1-3H3. The number of ketones is 1. The summed E-state index contributed by atoms with van der Waals surface area (Å²) in [6.45, 7) is 5.20. The van der Waals surface area contributed by atoms with E-state index >= 15 is 0 Å². The molecule has 1 saturated heterocycles. The molecular weight excluding hydrogens is 216 g/mol. The minimum atomic E-state index is -3.05. The number of rotatable bonds is 1. The molecule has 4 nitrogen and oxygen atoms in total. The second-order valence-corrected chi connectivity index (χ2v) is 7.57. The van der Waals surface area contributed by atoms with Gasteiger partial charge in [-0.1, -0.05) is 20.8 Å². The van der Waals surface area contributed by atoms with Crippen LogP contribution in [-0.2, 0) is 14.6 Å². The zero-order valence-corrected chi connectivity index (χ0v) is 10.2. The van der Waals surface area contributed by atoms with Crippen LogP contribution in [-0.4, -0.2) is 36.4 Å². The van der Waals surface area contributed by atoms with Crippen molar-refractivity contribution in [2.75, 3.05) is 11.5 Å². The van der Waals surface area contributed by atoms with Gasteiger partial charge in [0.2, 0.25) is 0 Å². The molecule has 1 N–H and O–H groups in total. The fourth-order valence-electron chi connectivity index (χ4n) is 1.80. The van der Waals surface area contributed by atoms with Crippen LogP contribution in [0.3, 0.4) is 0 Å². The zero-order chi connectivity index (χ0) is 11.9. The number of carbonyl (C=O) groups excluding carboxylic acids is 1. The van der Waals surface area contributed by atoms with Gasteiger partial charge in [0.05, 0.1) is 11.5 Å². The first kappa shape index (κ1) is 12.6. The van der Waals surface area contributed by atoms with E-state index in [9.17, 15) is 18.3 Å². The van der Waals surface area contributed by atoms with Crippen molar-refractivity contribution in [3.63, 3.8) is 0 Å². The Kier molecular flexibility index (Phi) is 3.00. The van der Waals surface area contributed by atoms with Crippen LogP contribution >= 0.6 is 0 Å². The van der Waals surface area contributed by atoms with Crippen LogP contribution in [0.15, 0.2) is 0 Å². The summed E-state index contributed by atoms with van der Waals surface area (Å²) in [5.74, 6) is -0.443. The summed E-state index contributed by atoms with van der Waals surface area (Å²) < 4.78 is 22.4. The average Bonchev–Trinajstić information content (AvgIpc) is 2.08. The Hall–Kier alpha value is -0.420. The lowest BCUT2D eigenvalue weighted by atomic mass is 9.77. The van der Waals surface area contributed by atoms with Crippen molar-refractivity contribution in [3.05, 3.63) is 0 Å². The predicted molar refractivity (Wildman–Crippen MR) is 57.3 cm³/mol. The molecule has 0 spiro atoms. The van der Waals surface area contributed by atoms with Crippen molar-refractivity contribution in [1.29, 1.82) is 0 Å². The van der Waals surface area contributed by atoms with Crippen LogP contribution < -0.4 is 0 Å². The first-order valence-corrected chi connectivity index (χ1v) is 6.87. The summed E-state index contributed by atoms with van der Waals surface area (Å²) in [7, 11) is -3.05. The number of hydrogen-bond donors (Lipinski definition) is 1. The molecule has 1 aliphatic rings. The lowest BCUT2D eigenvalue weighted by molar-refractivity contribution is -0.146. The molecule has 88 valence electrons. The summed E-state index contributed by atoms with van der Waals surface area (Å²) in [6.07, 6.45) is 0.0663. The molecule has 0 aromatic heterocycles. The van der Waals surface area contributed by atoms with E-state index < -0.39 is 20.9 Å². The third-order valence-electron chi connectivity index (χ3n) is 2.76. The van der Waals surface area contributed by atoms with Gasteiger partial charge in [0.15, 0.2) is 15.6 Å². The normalized spacial score (nSPS) is 24.8. The third-order valence-corrected chi connectivity index (χ3v) is 4.41. The summed E-state index contributed by atoms with van der Waals surface area (Å²) >= 11 is 0. The largest absolute Gasteiger partial charge is 0.382 e. The minimum Gasteiger partial charge on any atom is -0.382 e. The van der Waals surface area contributed by atoms with Crippen molar-refractivity contribution >= 4 is 15.6 Å². The van der Waals surface area contributed by atoms with Gasteiger partial charge in [-0.05, 0) is 12.8 Å². The number of aliphatic hydroxyl groups is 1. The quantitative estimate of drug-likeness (QED) is 0.719. The van der Waals surface area contributed by atoms with Crippen molar-refractivity contribution in [2.45, 2.75) is 39.2 Å². The second-order valence-electron chi connectivity index (χ2n) is 5.26. The summed E-state index contributed by atoms with van der Waals surface area (Å²) in [4.78, 5) is 11.9. The number of Topliss-reactive ketones (excluding diaryl/α,β-unsaturated/α-hetero) is 1. The molecule has 0 radical (unpaired) electrons. The number of carbonyl (C=O) groups is 1. The van der Waals surface area contributed by atoms with Gasteiger partial charge in [-0.15, -0.1) is 0 Å². The van der Waals surface area contributed by atoms with Gasteiger partial charge < -0.3 is 5.11 Å². The van der Waals surface area contributed by atoms with E-state index in [2.05, 4.69) is 0 Å². The van der Waals surface area contributed by atoms with Gasteiger partial charge >= 0.3 is 0 Å². The molecule has 0 saturated carbocycles. The number of hydrogen-bond acceptors (Lipinski definition) is 4. The van der Waals surface area contributed by atoms with Gasteiger partial charge in [-0.2, -0.15) is 0 Å². The molecule has 1 rings (SSSR count). The molecule has 0 aliphatic carbocycles. The first-order valence-electron chi connectivity index (χ1n) is 5.05. The van der Waals surface area contributed by atoms with E-state index in [1.165, 1.54) is 0 Å². The van der Waals surface area contributed by atoms with Crippen LogP contribution in [0.25, 0.3) is 0 Å². The molecule has 1 heterocycles. The fourth-order valence-corrected chi connectivity index (χ4v) is 3.30. The monoisotopic (exact) mass is 234 g/mol. The second kappa shape index (κ2) is 3.56. The third kappa shape index (κ3) is 2.78. The molecule has 1 aliphatic heterocycles. The summed E-state index contributed by atoms with van der Waals surface area (Å²) in [6, 6.07) is 0. The maximum absolute atomic E-state index is 11.9. The van der Waals surface area contributed by atoms with E-state index in [0.717, 1.165) is 0 Å². The number of sulfone groups is 1. The van der Waals surface area contributed by atoms with Crippen LogP contribution in [0.5, 0.6) is 0 Å². The molecule has 1 fully saturated rings. The van der Waals surface area contributed by atoms with E-state index in [1.54, 1.807) is 20.8 Å². The molecule has 0 atom stereocenters. The molecular formula is C10H18O4S. The molecule has 15 heavy (non-hydrogen) atoms. The van der Waals surface area contributed by atoms with Crippen molar-refractivity contribution < 1.29 is 18.3 Å². The molecule has 0 bridgehead atoms. The SMILES string of the molecule is CC(C)(C)C(=O)C1(O)CCS(=O)(=O)CC1. The Morgan fingerprint density at radius 1 is 1.20 bits per heavy atom. The smallest absolute Gasteiger partial charge is 0.169 e. The van der Waals surface area contributed by atoms with Crippen LogP contribution in [0.4, 0.5) is 0 Å². The average molecular weight is 234 g/mol. The van der Waals surface area contributed by atoms with Crippen molar-refractivity contribution in [2.24, 2.45) is 5.41 Å². The van der Waals surface area contributed by atoms with Gasteiger partial charge in [0.25, 0.3) is 0 Å². The Labute approximate surface area is 90.6 Å². The van der Waals surface area contributed by atoms with Crippen molar-refractivity contribution in [3.8, 4) is 0 Å². The Morgan fingerprint density at radius 3 is 1.93 bits per heavy atom. The van der Waals surface area contributed by atoms with Crippen LogP contribution in [0.2, 0.25) is 0 Å². The predicted octanol–water partition coefficient (Wildman–Crippen LogP) is 0.541. The van der Waals surface area contributed by atoms with E-state index in [1.807, 2.05) is 0 Å². The van der Waals surface area contributed by atoms with Crippen LogP contribution in [0, 0.1) is 5.41 Å². The van der Waals surface area contributed by atoms with Crippen molar-refractivity contribution in [1.82, 2.24) is 0 Å². The fraction of sp³-hybridized carbons (Fsp3) is 0.900. The minimum absolute atomic E-state index is 0.0332. The Balaban J connectivity index is 2.84. The topological polar surface area (TPSA) is 71.4 Å². The zero-order valence-electron chi connectivity index (χ0n) is 9.41. The van der Waals surface area contributed by atoms with E-state index in [4.69, 9.17) is 0 Å². The summed E-state index contributed by atoms with van der Waals surface area (Å²) in [5, 5.41) is 10.1.